The van der Waals surface area contributed by atoms with Crippen molar-refractivity contribution in [2.45, 2.75) is 6.42 Å². The van der Waals surface area contributed by atoms with Crippen LogP contribution in [0.15, 0.2) is 53.0 Å². The summed E-state index contributed by atoms with van der Waals surface area (Å²) in [6.07, 6.45) is 0.669. The Kier molecular flexibility index (Phi) is 5.48. The lowest BCUT2D eigenvalue weighted by atomic mass is 10.2. The Labute approximate surface area is 154 Å². The van der Waals surface area contributed by atoms with E-state index in [9.17, 15) is 14.0 Å². The first-order valence-corrected chi connectivity index (χ1v) is 8.94. The molecule has 0 bridgehead atoms. The molecule has 6 heteroatoms. The van der Waals surface area contributed by atoms with Gasteiger partial charge < -0.3 is 9.80 Å². The quantitative estimate of drug-likeness (QED) is 0.767. The topological polar surface area (TPSA) is 40.6 Å². The lowest BCUT2D eigenvalue weighted by Gasteiger charge is -2.22. The molecule has 0 aromatic heterocycles. The Morgan fingerprint density at radius 2 is 1.44 bits per heavy atom. The standard InChI is InChI=1S/C19H18BrFN2O2/c20-15-8-6-14(7-9-15)18(24)22-10-3-11-23(13-12-22)19(25)16-4-1-2-5-17(16)21/h1-2,4-9H,3,10-13H2. The molecular weight excluding hydrogens is 387 g/mol. The molecule has 2 aromatic carbocycles. The maximum atomic E-state index is 13.8. The first-order valence-electron chi connectivity index (χ1n) is 8.15. The maximum Gasteiger partial charge on any atom is 0.256 e. The lowest BCUT2D eigenvalue weighted by Crippen LogP contribution is -2.37. The number of hydrogen-bond donors (Lipinski definition) is 0. The van der Waals surface area contributed by atoms with Crippen molar-refractivity contribution >= 4 is 27.7 Å². The van der Waals surface area contributed by atoms with Crippen LogP contribution < -0.4 is 0 Å². The Bertz CT molecular complexity index is 779. The molecule has 0 radical (unpaired) electrons. The maximum absolute atomic E-state index is 13.8. The molecule has 2 amide bonds. The first-order chi connectivity index (χ1) is 12.1. The number of carbonyl (C=O) groups excluding carboxylic acids is 2. The van der Waals surface area contributed by atoms with Gasteiger partial charge >= 0.3 is 0 Å². The second kappa shape index (κ2) is 7.78. The molecule has 0 spiro atoms. The zero-order chi connectivity index (χ0) is 17.8. The minimum absolute atomic E-state index is 0.0484. The predicted molar refractivity (Wildman–Crippen MR) is 97.0 cm³/mol. The molecule has 130 valence electrons. The predicted octanol–water partition coefficient (Wildman–Crippen LogP) is 3.58. The second-order valence-electron chi connectivity index (χ2n) is 5.92. The summed E-state index contributed by atoms with van der Waals surface area (Å²) in [7, 11) is 0. The van der Waals surface area contributed by atoms with Crippen molar-refractivity contribution in [1.82, 2.24) is 9.80 Å². The van der Waals surface area contributed by atoms with Crippen LogP contribution in [0.1, 0.15) is 27.1 Å². The van der Waals surface area contributed by atoms with E-state index in [0.29, 0.717) is 38.2 Å². The SMILES string of the molecule is O=C(c1ccc(Br)cc1)N1CCCN(C(=O)c2ccccc2F)CC1. The molecular formula is C19H18BrFN2O2. The van der Waals surface area contributed by atoms with Gasteiger partial charge in [0.05, 0.1) is 5.56 Å². The van der Waals surface area contributed by atoms with Gasteiger partial charge in [-0.25, -0.2) is 4.39 Å². The summed E-state index contributed by atoms with van der Waals surface area (Å²) < 4.78 is 14.8. The van der Waals surface area contributed by atoms with Crippen LogP contribution in [-0.4, -0.2) is 47.8 Å². The van der Waals surface area contributed by atoms with Crippen molar-refractivity contribution in [1.29, 1.82) is 0 Å². The van der Waals surface area contributed by atoms with Crippen LogP contribution in [0.4, 0.5) is 4.39 Å². The highest BCUT2D eigenvalue weighted by Crippen LogP contribution is 2.16. The number of nitrogens with zero attached hydrogens (tertiary/aromatic N) is 2. The minimum Gasteiger partial charge on any atom is -0.337 e. The van der Waals surface area contributed by atoms with Gasteiger partial charge in [-0.1, -0.05) is 28.1 Å². The fourth-order valence-corrected chi connectivity index (χ4v) is 3.17. The zero-order valence-corrected chi connectivity index (χ0v) is 15.2. The van der Waals surface area contributed by atoms with Crippen LogP contribution in [0, 0.1) is 5.82 Å². The highest BCUT2D eigenvalue weighted by molar-refractivity contribution is 9.10. The van der Waals surface area contributed by atoms with E-state index in [-0.39, 0.29) is 17.4 Å². The smallest absolute Gasteiger partial charge is 0.256 e. The van der Waals surface area contributed by atoms with Gasteiger partial charge in [-0.15, -0.1) is 0 Å². The third-order valence-electron chi connectivity index (χ3n) is 4.27. The summed E-state index contributed by atoms with van der Waals surface area (Å²) in [5.41, 5.74) is 0.701. The lowest BCUT2D eigenvalue weighted by molar-refractivity contribution is 0.0716. The molecule has 2 aromatic rings. The molecule has 3 rings (SSSR count). The fraction of sp³-hybridized carbons (Fsp3) is 0.263. The normalized spacial score (nSPS) is 15.0. The summed E-state index contributed by atoms with van der Waals surface area (Å²) >= 11 is 3.36. The molecule has 0 aliphatic carbocycles. The molecule has 4 nitrogen and oxygen atoms in total. The van der Waals surface area contributed by atoms with Crippen LogP contribution >= 0.6 is 15.9 Å². The van der Waals surface area contributed by atoms with Crippen LogP contribution in [0.2, 0.25) is 0 Å². The van der Waals surface area contributed by atoms with Gasteiger partial charge in [0.2, 0.25) is 0 Å². The van der Waals surface area contributed by atoms with Crippen molar-refractivity contribution in [3.05, 3.63) is 69.9 Å². The molecule has 0 unspecified atom stereocenters. The van der Waals surface area contributed by atoms with Crippen molar-refractivity contribution < 1.29 is 14.0 Å². The van der Waals surface area contributed by atoms with E-state index >= 15 is 0 Å². The summed E-state index contributed by atoms with van der Waals surface area (Å²) in [4.78, 5) is 28.5. The van der Waals surface area contributed by atoms with Gasteiger partial charge in [-0.05, 0) is 42.8 Å². The van der Waals surface area contributed by atoms with Gasteiger partial charge in [0.15, 0.2) is 0 Å². The molecule has 25 heavy (non-hydrogen) atoms. The van der Waals surface area contributed by atoms with Gasteiger partial charge in [-0.2, -0.15) is 0 Å². The molecule has 0 saturated carbocycles. The van der Waals surface area contributed by atoms with Crippen molar-refractivity contribution in [2.75, 3.05) is 26.2 Å². The largest absolute Gasteiger partial charge is 0.337 e. The zero-order valence-electron chi connectivity index (χ0n) is 13.6. The monoisotopic (exact) mass is 404 g/mol. The Morgan fingerprint density at radius 3 is 2.08 bits per heavy atom. The number of amides is 2. The minimum atomic E-state index is -0.514. The Morgan fingerprint density at radius 1 is 0.840 bits per heavy atom. The van der Waals surface area contributed by atoms with Crippen LogP contribution in [0.25, 0.3) is 0 Å². The van der Waals surface area contributed by atoms with E-state index in [4.69, 9.17) is 0 Å². The van der Waals surface area contributed by atoms with E-state index in [1.165, 1.54) is 12.1 Å². The second-order valence-corrected chi connectivity index (χ2v) is 6.84. The average Bonchev–Trinajstić information content (AvgIpc) is 2.88. The third-order valence-corrected chi connectivity index (χ3v) is 4.79. The first kappa shape index (κ1) is 17.6. The van der Waals surface area contributed by atoms with E-state index in [1.54, 1.807) is 34.1 Å². The van der Waals surface area contributed by atoms with E-state index < -0.39 is 5.82 Å². The van der Waals surface area contributed by atoms with Gasteiger partial charge in [0.1, 0.15) is 5.82 Å². The Balaban J connectivity index is 1.68. The van der Waals surface area contributed by atoms with Crippen LogP contribution in [0.5, 0.6) is 0 Å². The molecule has 1 aliphatic heterocycles. The van der Waals surface area contributed by atoms with E-state index in [1.807, 2.05) is 12.1 Å². The number of hydrogen-bond acceptors (Lipinski definition) is 2. The van der Waals surface area contributed by atoms with E-state index in [0.717, 1.165) is 4.47 Å². The van der Waals surface area contributed by atoms with E-state index in [2.05, 4.69) is 15.9 Å². The summed E-state index contributed by atoms with van der Waals surface area (Å²) in [5, 5.41) is 0. The third kappa shape index (κ3) is 4.07. The van der Waals surface area contributed by atoms with Crippen LogP contribution in [-0.2, 0) is 0 Å². The van der Waals surface area contributed by atoms with Crippen molar-refractivity contribution in [2.24, 2.45) is 0 Å². The molecule has 0 N–H and O–H groups in total. The highest BCUT2D eigenvalue weighted by atomic mass is 79.9. The molecule has 1 heterocycles. The fourth-order valence-electron chi connectivity index (χ4n) is 2.90. The van der Waals surface area contributed by atoms with Gasteiger partial charge in [0, 0.05) is 36.2 Å². The summed E-state index contributed by atoms with van der Waals surface area (Å²) in [6, 6.07) is 13.2. The summed E-state index contributed by atoms with van der Waals surface area (Å²) in [5.74, 6) is -0.886. The highest BCUT2D eigenvalue weighted by Gasteiger charge is 2.24. The van der Waals surface area contributed by atoms with Crippen molar-refractivity contribution in [3.8, 4) is 0 Å². The number of carbonyl (C=O) groups is 2. The number of benzene rings is 2. The van der Waals surface area contributed by atoms with Gasteiger partial charge in [-0.3, -0.25) is 9.59 Å². The molecule has 0 atom stereocenters. The molecule has 1 saturated heterocycles. The van der Waals surface area contributed by atoms with Crippen LogP contribution in [0.3, 0.4) is 0 Å². The summed E-state index contributed by atoms with van der Waals surface area (Å²) in [6.45, 7) is 1.93. The number of halogens is 2. The average molecular weight is 405 g/mol. The molecule has 1 aliphatic rings. The van der Waals surface area contributed by atoms with Gasteiger partial charge in [0.25, 0.3) is 11.8 Å². The van der Waals surface area contributed by atoms with Crippen molar-refractivity contribution in [3.63, 3.8) is 0 Å². The Hall–Kier alpha value is -2.21. The number of rotatable bonds is 2. The molecule has 1 fully saturated rings.